The molecule has 0 aliphatic rings. The molecule has 0 fully saturated rings. The molecule has 0 saturated carbocycles. The Hall–Kier alpha value is -1.53. The molecule has 4 nitrogen and oxygen atoms in total. The zero-order valence-corrected chi connectivity index (χ0v) is 15.8. The summed E-state index contributed by atoms with van der Waals surface area (Å²) in [5.41, 5.74) is 7.62. The van der Waals surface area contributed by atoms with Gasteiger partial charge in [0.15, 0.2) is 5.96 Å². The summed E-state index contributed by atoms with van der Waals surface area (Å²) in [4.78, 5) is 0. The number of benzene rings is 2. The van der Waals surface area contributed by atoms with E-state index in [1.807, 2.05) is 18.2 Å². The van der Waals surface area contributed by atoms with E-state index in [1.54, 1.807) is 0 Å². The molecule has 122 valence electrons. The molecule has 6 heteroatoms. The molecule has 0 saturated heterocycles. The van der Waals surface area contributed by atoms with E-state index < -0.39 is 0 Å². The third-order valence-corrected chi connectivity index (χ3v) is 4.41. The summed E-state index contributed by atoms with van der Waals surface area (Å²) in [7, 11) is 0. The normalized spacial score (nSPS) is 10.3. The van der Waals surface area contributed by atoms with E-state index >= 15 is 0 Å². The number of hydrogen-bond donors (Lipinski definition) is 3. The van der Waals surface area contributed by atoms with Gasteiger partial charge in [-0.1, -0.05) is 34.1 Å². The number of ether oxygens (including phenoxy) is 1. The fraction of sp³-hybridized carbons (Fsp3) is 0.235. The summed E-state index contributed by atoms with van der Waals surface area (Å²) in [6, 6.07) is 14.2. The van der Waals surface area contributed by atoms with Gasteiger partial charge in [0.25, 0.3) is 0 Å². The second-order valence-electron chi connectivity index (χ2n) is 5.11. The van der Waals surface area contributed by atoms with Gasteiger partial charge in [0.2, 0.25) is 0 Å². The number of nitrogens with one attached hydrogen (secondary N) is 2. The first kappa shape index (κ1) is 17.8. The monoisotopic (exact) mass is 439 g/mol. The zero-order chi connectivity index (χ0) is 16.7. The Bertz CT molecular complexity index is 659. The number of nitrogens with two attached hydrogens (primary N) is 1. The summed E-state index contributed by atoms with van der Waals surface area (Å²) in [5.74, 6) is 0.793. The number of rotatable bonds is 7. The second kappa shape index (κ2) is 8.93. The molecule has 0 spiro atoms. The van der Waals surface area contributed by atoms with Gasteiger partial charge in [-0.2, -0.15) is 0 Å². The van der Waals surface area contributed by atoms with Crippen molar-refractivity contribution >= 4 is 37.8 Å². The quantitative estimate of drug-likeness (QED) is 0.343. The number of hydrogen-bond acceptors (Lipinski definition) is 2. The lowest BCUT2D eigenvalue weighted by atomic mass is 10.1. The van der Waals surface area contributed by atoms with Gasteiger partial charge in [0.1, 0.15) is 5.75 Å². The Morgan fingerprint density at radius 2 is 1.78 bits per heavy atom. The van der Waals surface area contributed by atoms with Crippen molar-refractivity contribution in [1.82, 2.24) is 5.32 Å². The molecule has 4 N–H and O–H groups in total. The largest absolute Gasteiger partial charge is 0.492 e. The Balaban J connectivity index is 1.79. The van der Waals surface area contributed by atoms with Crippen LogP contribution in [0.5, 0.6) is 5.75 Å². The minimum Gasteiger partial charge on any atom is -0.492 e. The van der Waals surface area contributed by atoms with E-state index in [4.69, 9.17) is 15.9 Å². The van der Waals surface area contributed by atoms with Crippen molar-refractivity contribution in [3.63, 3.8) is 0 Å². The van der Waals surface area contributed by atoms with Crippen LogP contribution in [0.4, 0.5) is 0 Å². The van der Waals surface area contributed by atoms with Crippen LogP contribution in [0, 0.1) is 5.41 Å². The van der Waals surface area contributed by atoms with Crippen LogP contribution in [-0.4, -0.2) is 12.6 Å². The first-order chi connectivity index (χ1) is 11.0. The molecular weight excluding hydrogens is 422 g/mol. The molecule has 2 aromatic rings. The minimum absolute atomic E-state index is 0.0330. The highest BCUT2D eigenvalue weighted by Gasteiger charge is 2.03. The smallest absolute Gasteiger partial charge is 0.185 e. The van der Waals surface area contributed by atoms with Crippen LogP contribution in [-0.2, 0) is 13.0 Å². The van der Waals surface area contributed by atoms with E-state index in [-0.39, 0.29) is 5.96 Å². The van der Waals surface area contributed by atoms with E-state index in [1.165, 1.54) is 5.56 Å². The highest BCUT2D eigenvalue weighted by Crippen LogP contribution is 2.26. The van der Waals surface area contributed by atoms with Crippen LogP contribution in [0.3, 0.4) is 0 Å². The van der Waals surface area contributed by atoms with Gasteiger partial charge < -0.3 is 15.8 Å². The Morgan fingerprint density at radius 1 is 1.09 bits per heavy atom. The molecule has 0 amide bonds. The number of guanidine groups is 1. The minimum atomic E-state index is -0.0330. The van der Waals surface area contributed by atoms with E-state index in [0.29, 0.717) is 13.2 Å². The fourth-order valence-electron chi connectivity index (χ4n) is 2.08. The number of aryl methyl sites for hydroxylation is 1. The van der Waals surface area contributed by atoms with E-state index in [9.17, 15) is 0 Å². The standard InChI is InChI=1S/C17H19Br2N3O/c18-14-6-3-12(4-7-14)2-1-9-23-16-8-5-13(10-15(16)19)11-22-17(20)21/h3-8,10H,1-2,9,11H2,(H4,20,21,22). The third kappa shape index (κ3) is 6.23. The molecular formula is C17H19Br2N3O. The molecule has 0 aliphatic carbocycles. The van der Waals surface area contributed by atoms with Gasteiger partial charge in [-0.15, -0.1) is 0 Å². The van der Waals surface area contributed by atoms with Crippen molar-refractivity contribution in [2.24, 2.45) is 5.73 Å². The molecule has 0 atom stereocenters. The Labute approximate surface area is 153 Å². The Morgan fingerprint density at radius 3 is 2.43 bits per heavy atom. The van der Waals surface area contributed by atoms with Gasteiger partial charge in [-0.25, -0.2) is 0 Å². The molecule has 0 unspecified atom stereocenters. The van der Waals surface area contributed by atoms with Crippen LogP contribution < -0.4 is 15.8 Å². The highest BCUT2D eigenvalue weighted by atomic mass is 79.9. The number of halogens is 2. The first-order valence-corrected chi connectivity index (χ1v) is 8.87. The average molecular weight is 441 g/mol. The maximum Gasteiger partial charge on any atom is 0.185 e. The lowest BCUT2D eigenvalue weighted by Crippen LogP contribution is -2.29. The second-order valence-corrected chi connectivity index (χ2v) is 6.88. The summed E-state index contributed by atoms with van der Waals surface area (Å²) in [5, 5.41) is 9.94. The molecule has 0 aromatic heterocycles. The van der Waals surface area contributed by atoms with E-state index in [2.05, 4.69) is 61.4 Å². The molecule has 0 aliphatic heterocycles. The van der Waals surface area contributed by atoms with Gasteiger partial charge in [-0.05, 0) is 64.2 Å². The lowest BCUT2D eigenvalue weighted by Gasteiger charge is -2.10. The van der Waals surface area contributed by atoms with Crippen LogP contribution in [0.15, 0.2) is 51.4 Å². The third-order valence-electron chi connectivity index (χ3n) is 3.26. The van der Waals surface area contributed by atoms with Crippen LogP contribution in [0.25, 0.3) is 0 Å². The summed E-state index contributed by atoms with van der Waals surface area (Å²) in [6.45, 7) is 1.19. The lowest BCUT2D eigenvalue weighted by molar-refractivity contribution is 0.309. The van der Waals surface area contributed by atoms with Crippen molar-refractivity contribution < 1.29 is 4.74 Å². The maximum absolute atomic E-state index is 7.16. The van der Waals surface area contributed by atoms with Gasteiger partial charge in [0, 0.05) is 11.0 Å². The zero-order valence-electron chi connectivity index (χ0n) is 12.6. The molecule has 0 bridgehead atoms. The summed E-state index contributed by atoms with van der Waals surface area (Å²) < 4.78 is 7.82. The van der Waals surface area contributed by atoms with Crippen molar-refractivity contribution in [3.05, 3.63) is 62.5 Å². The molecule has 0 radical (unpaired) electrons. The molecule has 0 heterocycles. The fourth-order valence-corrected chi connectivity index (χ4v) is 2.88. The molecule has 2 rings (SSSR count). The Kier molecular flexibility index (Phi) is 6.92. The topological polar surface area (TPSA) is 71.1 Å². The molecule has 23 heavy (non-hydrogen) atoms. The van der Waals surface area contributed by atoms with Crippen molar-refractivity contribution in [3.8, 4) is 5.75 Å². The van der Waals surface area contributed by atoms with Crippen molar-refractivity contribution in [1.29, 1.82) is 5.41 Å². The highest BCUT2D eigenvalue weighted by molar-refractivity contribution is 9.10. The predicted molar refractivity (Wildman–Crippen MR) is 101 cm³/mol. The van der Waals surface area contributed by atoms with Gasteiger partial charge in [0.05, 0.1) is 11.1 Å². The SMILES string of the molecule is N=C(N)NCc1ccc(OCCCc2ccc(Br)cc2)c(Br)c1. The summed E-state index contributed by atoms with van der Waals surface area (Å²) in [6.07, 6.45) is 1.95. The molecule has 2 aromatic carbocycles. The summed E-state index contributed by atoms with van der Waals surface area (Å²) >= 11 is 6.95. The van der Waals surface area contributed by atoms with Gasteiger partial charge in [-0.3, -0.25) is 5.41 Å². The van der Waals surface area contributed by atoms with Crippen LogP contribution in [0.2, 0.25) is 0 Å². The van der Waals surface area contributed by atoms with Crippen molar-refractivity contribution in [2.45, 2.75) is 19.4 Å². The predicted octanol–water partition coefficient (Wildman–Crippen LogP) is 4.21. The van der Waals surface area contributed by atoms with Crippen LogP contribution >= 0.6 is 31.9 Å². The average Bonchev–Trinajstić information content (AvgIpc) is 2.52. The van der Waals surface area contributed by atoms with Gasteiger partial charge >= 0.3 is 0 Å². The van der Waals surface area contributed by atoms with E-state index in [0.717, 1.165) is 33.1 Å². The first-order valence-electron chi connectivity index (χ1n) is 7.28. The van der Waals surface area contributed by atoms with Crippen molar-refractivity contribution in [2.75, 3.05) is 6.61 Å². The van der Waals surface area contributed by atoms with Crippen LogP contribution in [0.1, 0.15) is 17.5 Å². The maximum atomic E-state index is 7.16.